The Bertz CT molecular complexity index is 947. The van der Waals surface area contributed by atoms with Crippen molar-refractivity contribution in [1.82, 2.24) is 0 Å². The number of esters is 6. The van der Waals surface area contributed by atoms with Crippen LogP contribution in [0.4, 0.5) is 4.70 Å². The summed E-state index contributed by atoms with van der Waals surface area (Å²) in [5, 5.41) is 8.84. The number of aliphatic hydroxyl groups excluding tert-OH is 1. The monoisotopic (exact) mass is 658 g/mol. The molecule has 0 saturated heterocycles. The highest BCUT2D eigenvalue weighted by Gasteiger charge is 2.40. The maximum atomic E-state index is 12.2. The minimum atomic E-state index is -2.14. The molecule has 0 aromatic heterocycles. The van der Waals surface area contributed by atoms with Crippen molar-refractivity contribution >= 4 is 44.1 Å². The number of aliphatic hydroxyl groups is 1. The summed E-state index contributed by atoms with van der Waals surface area (Å²) in [5.74, 6) is -4.61. The summed E-state index contributed by atoms with van der Waals surface area (Å²) in [6, 6.07) is 0. The third kappa shape index (κ3) is 17.2. The van der Waals surface area contributed by atoms with Crippen molar-refractivity contribution in [3.63, 3.8) is 0 Å². The lowest BCUT2D eigenvalue weighted by Gasteiger charge is -2.37. The smallest absolute Gasteiger partial charge is 0.347 e. The van der Waals surface area contributed by atoms with E-state index in [1.165, 1.54) is 34.6 Å². The number of carbonyl (C=O) groups excluding carboxylic acids is 6. The van der Waals surface area contributed by atoms with Crippen molar-refractivity contribution < 1.29 is 71.4 Å². The molecule has 0 amide bonds. The van der Waals surface area contributed by atoms with E-state index in [4.69, 9.17) is 28.5 Å². The summed E-state index contributed by atoms with van der Waals surface area (Å²) >= 11 is 0. The van der Waals surface area contributed by atoms with Crippen molar-refractivity contribution in [2.24, 2.45) is 0 Å². The van der Waals surface area contributed by atoms with E-state index in [2.05, 4.69) is 30.2 Å². The zero-order valence-electron chi connectivity index (χ0n) is 28.0. The molecule has 1 N–H and O–H groups in total. The molecule has 0 rings (SSSR count). The molecule has 0 aliphatic heterocycles. The Labute approximate surface area is 259 Å². The Hall–Kier alpha value is -3.11. The van der Waals surface area contributed by atoms with Gasteiger partial charge < -0.3 is 38.0 Å². The molecule has 0 aliphatic rings. The number of carbonyl (C=O) groups is 6. The summed E-state index contributed by atoms with van der Waals surface area (Å²) in [4.78, 5) is 69.2. The second-order valence-electron chi connectivity index (χ2n) is 11.0. The largest absolute Gasteiger partial charge is 0.463 e. The van der Waals surface area contributed by atoms with Gasteiger partial charge in [-0.15, -0.1) is 0 Å². The highest BCUT2D eigenvalue weighted by atomic mass is 28.4. The van der Waals surface area contributed by atoms with Gasteiger partial charge in [-0.3, -0.25) is 4.70 Å². The lowest BCUT2D eigenvalue weighted by molar-refractivity contribution is -0.179. The maximum absolute atomic E-state index is 12.2. The van der Waals surface area contributed by atoms with Gasteiger partial charge in [0.15, 0.2) is 32.7 Å². The normalized spacial score (nSPS) is 15.1. The van der Waals surface area contributed by atoms with Crippen molar-refractivity contribution in [3.05, 3.63) is 0 Å². The van der Waals surface area contributed by atoms with E-state index >= 15 is 0 Å². The van der Waals surface area contributed by atoms with Crippen LogP contribution in [0.5, 0.6) is 0 Å². The molecule has 0 heterocycles. The molecule has 0 aromatic carbocycles. The molecule has 0 unspecified atom stereocenters. The van der Waals surface area contributed by atoms with Crippen LogP contribution in [0.25, 0.3) is 0 Å². The zero-order chi connectivity index (χ0) is 34.3. The van der Waals surface area contributed by atoms with E-state index in [9.17, 15) is 28.8 Å². The van der Waals surface area contributed by atoms with E-state index in [1.54, 1.807) is 20.8 Å². The Morgan fingerprint density at radius 1 is 0.568 bits per heavy atom. The summed E-state index contributed by atoms with van der Waals surface area (Å²) in [6.07, 6.45) is -6.61. The van der Waals surface area contributed by atoms with E-state index in [-0.39, 0.29) is 23.0 Å². The van der Waals surface area contributed by atoms with Crippen molar-refractivity contribution in [1.29, 1.82) is 0 Å². The van der Waals surface area contributed by atoms with E-state index in [0.29, 0.717) is 0 Å². The molecule has 6 atom stereocenters. The summed E-state index contributed by atoms with van der Waals surface area (Å²) in [7, 11) is -2.14. The van der Waals surface area contributed by atoms with Crippen LogP contribution in [0.1, 0.15) is 76.2 Å². The van der Waals surface area contributed by atoms with Crippen LogP contribution in [-0.4, -0.2) is 99.1 Å². The van der Waals surface area contributed by atoms with E-state index < -0.39 is 80.8 Å². The molecule has 0 aliphatic carbocycles. The summed E-state index contributed by atoms with van der Waals surface area (Å²) in [6.45, 7) is 22.1. The Balaban J connectivity index is -0.000000786. The standard InChI is InChI=1S/C17H32O7Si.C11H18O7.FH/c1-10-21-14(18)11(2)22-15(19)12(3)23-16(20)13(4)24-25(8,9)17(5,6)7;1-5-16-10(14)7(3)18-11(15)8(4)17-9(13)6(2)12;/h11-13H,10H2,1-9H3;6-8,12H,5H2,1-4H3;1H/t11-,12-,13+;6-,7-,8-;/m00./s1. The Kier molecular flexibility index (Phi) is 21.4. The first-order valence-electron chi connectivity index (χ1n) is 14.0. The van der Waals surface area contributed by atoms with Crippen LogP contribution in [-0.2, 0) is 61.6 Å². The van der Waals surface area contributed by atoms with Gasteiger partial charge in [-0.25, -0.2) is 28.8 Å². The zero-order valence-corrected chi connectivity index (χ0v) is 29.0. The predicted octanol–water partition coefficient (Wildman–Crippen LogP) is 2.77. The number of ether oxygens (including phenoxy) is 6. The molecule has 0 bridgehead atoms. The predicted molar refractivity (Wildman–Crippen MR) is 157 cm³/mol. The number of hydrogen-bond acceptors (Lipinski definition) is 14. The highest BCUT2D eigenvalue weighted by molar-refractivity contribution is 6.74. The van der Waals surface area contributed by atoms with Crippen LogP contribution < -0.4 is 0 Å². The first kappa shape index (κ1) is 45.3. The molecular weight excluding hydrogens is 607 g/mol. The third-order valence-electron chi connectivity index (χ3n) is 6.02. The summed E-state index contributed by atoms with van der Waals surface area (Å²) in [5.41, 5.74) is 0. The van der Waals surface area contributed by atoms with E-state index in [0.717, 1.165) is 0 Å². The third-order valence-corrected chi connectivity index (χ3v) is 10.6. The molecule has 0 saturated carbocycles. The second kappa shape index (κ2) is 20.8. The van der Waals surface area contributed by atoms with Crippen LogP contribution in [0.2, 0.25) is 18.1 Å². The minimum Gasteiger partial charge on any atom is -0.463 e. The molecule has 258 valence electrons. The molecule has 0 aromatic rings. The average molecular weight is 659 g/mol. The molecular formula is C28H51FO14Si. The minimum absolute atomic E-state index is 0. The lowest BCUT2D eigenvalue weighted by atomic mass is 10.2. The van der Waals surface area contributed by atoms with Gasteiger partial charge in [0.2, 0.25) is 0 Å². The van der Waals surface area contributed by atoms with Gasteiger partial charge in [0.1, 0.15) is 12.2 Å². The van der Waals surface area contributed by atoms with Crippen LogP contribution in [0.3, 0.4) is 0 Å². The average Bonchev–Trinajstić information content (AvgIpc) is 2.87. The number of rotatable bonds is 14. The number of hydrogen-bond donors (Lipinski definition) is 1. The van der Waals surface area contributed by atoms with Crippen LogP contribution >= 0.6 is 0 Å². The fraction of sp³-hybridized carbons (Fsp3) is 0.786. The van der Waals surface area contributed by atoms with Gasteiger partial charge in [0.05, 0.1) is 13.2 Å². The maximum Gasteiger partial charge on any atom is 0.347 e. The lowest BCUT2D eigenvalue weighted by Crippen LogP contribution is -2.46. The topological polar surface area (TPSA) is 187 Å². The number of halogens is 1. The molecule has 0 spiro atoms. The van der Waals surface area contributed by atoms with Crippen molar-refractivity contribution in [3.8, 4) is 0 Å². The molecule has 0 radical (unpaired) electrons. The van der Waals surface area contributed by atoms with Crippen LogP contribution in [0, 0.1) is 0 Å². The van der Waals surface area contributed by atoms with Gasteiger partial charge >= 0.3 is 35.8 Å². The highest BCUT2D eigenvalue weighted by Crippen LogP contribution is 2.37. The first-order chi connectivity index (χ1) is 19.5. The van der Waals surface area contributed by atoms with Crippen LogP contribution in [0.15, 0.2) is 0 Å². The first-order valence-corrected chi connectivity index (χ1v) is 16.9. The Morgan fingerprint density at radius 3 is 1.11 bits per heavy atom. The van der Waals surface area contributed by atoms with Gasteiger partial charge in [0, 0.05) is 0 Å². The second-order valence-corrected chi connectivity index (χ2v) is 15.8. The van der Waals surface area contributed by atoms with Gasteiger partial charge in [-0.1, -0.05) is 20.8 Å². The van der Waals surface area contributed by atoms with Gasteiger partial charge in [0.25, 0.3) is 0 Å². The molecule has 44 heavy (non-hydrogen) atoms. The quantitative estimate of drug-likeness (QED) is 0.163. The van der Waals surface area contributed by atoms with Gasteiger partial charge in [-0.05, 0) is 73.5 Å². The SMILES string of the molecule is CCOC(=O)[C@H](C)OC(=O)[C@H](C)OC(=O)[C@@H](C)O[Si](C)(C)C(C)(C)C.CCOC(=O)[C@H](C)OC(=O)[C@H](C)OC(=O)[C@H](C)O.F. The van der Waals surface area contributed by atoms with Crippen molar-refractivity contribution in [2.75, 3.05) is 13.2 Å². The molecule has 14 nitrogen and oxygen atoms in total. The van der Waals surface area contributed by atoms with Gasteiger partial charge in [-0.2, -0.15) is 0 Å². The fourth-order valence-electron chi connectivity index (χ4n) is 2.46. The fourth-order valence-corrected chi connectivity index (χ4v) is 3.80. The van der Waals surface area contributed by atoms with E-state index in [1.807, 2.05) is 13.1 Å². The Morgan fingerprint density at radius 2 is 0.841 bits per heavy atom. The summed E-state index contributed by atoms with van der Waals surface area (Å²) < 4.78 is 34.7. The van der Waals surface area contributed by atoms with Crippen molar-refractivity contribution in [2.45, 2.75) is 131 Å². The molecule has 16 heteroatoms. The molecule has 0 fully saturated rings.